The first-order valence-electron chi connectivity index (χ1n) is 6.91. The fourth-order valence-corrected chi connectivity index (χ4v) is 2.15. The van der Waals surface area contributed by atoms with Gasteiger partial charge >= 0.3 is 0 Å². The zero-order valence-electron chi connectivity index (χ0n) is 11.5. The Labute approximate surface area is 110 Å². The van der Waals surface area contributed by atoms with E-state index in [0.29, 0.717) is 6.04 Å². The monoisotopic (exact) mass is 248 g/mol. The molecule has 0 radical (unpaired) electrons. The highest BCUT2D eigenvalue weighted by atomic mass is 16.5. The fraction of sp³-hybridized carbons (Fsp3) is 0.600. The van der Waals surface area contributed by atoms with Gasteiger partial charge in [0.1, 0.15) is 0 Å². The third-order valence-corrected chi connectivity index (χ3v) is 3.24. The molecule has 100 valence electrons. The molecule has 1 saturated heterocycles. The van der Waals surface area contributed by atoms with Crippen LogP contribution in [0.15, 0.2) is 24.3 Å². The van der Waals surface area contributed by atoms with Crippen molar-refractivity contribution < 1.29 is 4.74 Å². The highest BCUT2D eigenvalue weighted by Gasteiger charge is 2.09. The molecule has 1 fully saturated rings. The lowest BCUT2D eigenvalue weighted by atomic mass is 10.2. The van der Waals surface area contributed by atoms with Crippen molar-refractivity contribution in [2.24, 2.45) is 0 Å². The number of hydrogen-bond acceptors (Lipinski definition) is 3. The lowest BCUT2D eigenvalue weighted by Crippen LogP contribution is -2.26. The number of benzene rings is 1. The molecule has 1 aromatic carbocycles. The van der Waals surface area contributed by atoms with Gasteiger partial charge < -0.3 is 15.0 Å². The quantitative estimate of drug-likeness (QED) is 0.885. The van der Waals surface area contributed by atoms with Crippen molar-refractivity contribution in [3.05, 3.63) is 29.8 Å². The lowest BCUT2D eigenvalue weighted by Gasteiger charge is -2.22. The van der Waals surface area contributed by atoms with Gasteiger partial charge in [0.25, 0.3) is 0 Å². The van der Waals surface area contributed by atoms with Gasteiger partial charge in [-0.3, -0.25) is 0 Å². The van der Waals surface area contributed by atoms with Crippen LogP contribution in [0.4, 0.5) is 5.69 Å². The molecule has 0 unspecified atom stereocenters. The second-order valence-corrected chi connectivity index (χ2v) is 5.16. The van der Waals surface area contributed by atoms with Gasteiger partial charge in [-0.05, 0) is 24.1 Å². The first-order chi connectivity index (χ1) is 8.75. The Kier molecular flexibility index (Phi) is 5.02. The summed E-state index contributed by atoms with van der Waals surface area (Å²) in [7, 11) is 0. The third kappa shape index (κ3) is 4.00. The Morgan fingerprint density at radius 1 is 1.17 bits per heavy atom. The summed E-state index contributed by atoms with van der Waals surface area (Å²) >= 11 is 0. The van der Waals surface area contributed by atoms with Crippen molar-refractivity contribution in [1.29, 1.82) is 0 Å². The fourth-order valence-electron chi connectivity index (χ4n) is 2.15. The second-order valence-electron chi connectivity index (χ2n) is 5.16. The molecule has 0 bridgehead atoms. The molecular weight excluding hydrogens is 224 g/mol. The number of hydrogen-bond donors (Lipinski definition) is 1. The van der Waals surface area contributed by atoms with Crippen LogP contribution in [0, 0.1) is 0 Å². The van der Waals surface area contributed by atoms with Crippen LogP contribution in [0.5, 0.6) is 0 Å². The van der Waals surface area contributed by atoms with E-state index >= 15 is 0 Å². The molecule has 18 heavy (non-hydrogen) atoms. The highest BCUT2D eigenvalue weighted by Crippen LogP contribution is 2.16. The van der Waals surface area contributed by atoms with Gasteiger partial charge in [0.05, 0.1) is 6.61 Å². The molecule has 0 aromatic heterocycles. The van der Waals surface area contributed by atoms with Gasteiger partial charge in [-0.15, -0.1) is 0 Å². The lowest BCUT2D eigenvalue weighted by molar-refractivity contribution is 0.152. The van der Waals surface area contributed by atoms with Gasteiger partial charge in [0, 0.05) is 38.0 Å². The van der Waals surface area contributed by atoms with E-state index in [0.717, 1.165) is 39.3 Å². The van der Waals surface area contributed by atoms with E-state index in [4.69, 9.17) is 4.74 Å². The first kappa shape index (κ1) is 13.4. The minimum atomic E-state index is 0.535. The average Bonchev–Trinajstić information content (AvgIpc) is 2.66. The summed E-state index contributed by atoms with van der Waals surface area (Å²) in [6.07, 6.45) is 1.12. The predicted molar refractivity (Wildman–Crippen MR) is 76.1 cm³/mol. The van der Waals surface area contributed by atoms with E-state index in [9.17, 15) is 0 Å². The zero-order chi connectivity index (χ0) is 12.8. The van der Waals surface area contributed by atoms with Crippen molar-refractivity contribution in [1.82, 2.24) is 5.32 Å². The smallest absolute Gasteiger partial charge is 0.0641 e. The number of nitrogens with zero attached hydrogens (tertiary/aromatic N) is 1. The maximum absolute atomic E-state index is 5.48. The van der Waals surface area contributed by atoms with E-state index in [-0.39, 0.29) is 0 Å². The molecule has 0 saturated carbocycles. The molecule has 0 aliphatic carbocycles. The van der Waals surface area contributed by atoms with Crippen molar-refractivity contribution in [2.45, 2.75) is 32.9 Å². The second kappa shape index (κ2) is 6.76. The maximum atomic E-state index is 5.48. The first-order valence-corrected chi connectivity index (χ1v) is 6.91. The standard InChI is InChI=1S/C15H24N2O/c1-13(2)16-12-14-4-6-15(7-5-14)17-8-3-10-18-11-9-17/h4-7,13,16H,3,8-12H2,1-2H3. The molecule has 1 aliphatic heterocycles. The molecule has 3 heteroatoms. The highest BCUT2D eigenvalue weighted by molar-refractivity contribution is 5.47. The van der Waals surface area contributed by atoms with Crippen LogP contribution in [-0.4, -0.2) is 32.3 Å². The summed E-state index contributed by atoms with van der Waals surface area (Å²) in [5.74, 6) is 0. The average molecular weight is 248 g/mol. The minimum absolute atomic E-state index is 0.535. The van der Waals surface area contributed by atoms with E-state index < -0.39 is 0 Å². The summed E-state index contributed by atoms with van der Waals surface area (Å²) < 4.78 is 5.48. The molecule has 3 nitrogen and oxygen atoms in total. The molecule has 0 atom stereocenters. The van der Waals surface area contributed by atoms with E-state index in [1.54, 1.807) is 0 Å². The van der Waals surface area contributed by atoms with Gasteiger partial charge in [0.15, 0.2) is 0 Å². The molecule has 2 rings (SSSR count). The summed E-state index contributed by atoms with van der Waals surface area (Å²) in [6, 6.07) is 9.42. The van der Waals surface area contributed by atoms with Gasteiger partial charge in [0.2, 0.25) is 0 Å². The normalized spacial score (nSPS) is 16.9. The number of rotatable bonds is 4. The van der Waals surface area contributed by atoms with Crippen molar-refractivity contribution in [2.75, 3.05) is 31.2 Å². The number of anilines is 1. The molecule has 1 N–H and O–H groups in total. The summed E-state index contributed by atoms with van der Waals surface area (Å²) in [5, 5.41) is 3.44. The van der Waals surface area contributed by atoms with E-state index in [2.05, 4.69) is 48.3 Å². The van der Waals surface area contributed by atoms with E-state index in [1.807, 2.05) is 0 Å². The van der Waals surface area contributed by atoms with Crippen LogP contribution in [-0.2, 0) is 11.3 Å². The minimum Gasteiger partial charge on any atom is -0.380 e. The van der Waals surface area contributed by atoms with Crippen LogP contribution in [0.1, 0.15) is 25.8 Å². The van der Waals surface area contributed by atoms with Crippen LogP contribution < -0.4 is 10.2 Å². The topological polar surface area (TPSA) is 24.5 Å². The third-order valence-electron chi connectivity index (χ3n) is 3.24. The Hall–Kier alpha value is -1.06. The number of nitrogens with one attached hydrogen (secondary N) is 1. The van der Waals surface area contributed by atoms with Crippen LogP contribution >= 0.6 is 0 Å². The Morgan fingerprint density at radius 3 is 2.67 bits per heavy atom. The van der Waals surface area contributed by atoms with Gasteiger partial charge in [-0.1, -0.05) is 26.0 Å². The van der Waals surface area contributed by atoms with Crippen LogP contribution in [0.25, 0.3) is 0 Å². The Balaban J connectivity index is 1.93. The van der Waals surface area contributed by atoms with E-state index in [1.165, 1.54) is 11.3 Å². The number of ether oxygens (including phenoxy) is 1. The van der Waals surface area contributed by atoms with Crippen LogP contribution in [0.2, 0.25) is 0 Å². The SMILES string of the molecule is CC(C)NCc1ccc(N2CCCOCC2)cc1. The Morgan fingerprint density at radius 2 is 1.94 bits per heavy atom. The molecule has 1 heterocycles. The van der Waals surface area contributed by atoms with Crippen LogP contribution in [0.3, 0.4) is 0 Å². The van der Waals surface area contributed by atoms with Gasteiger partial charge in [-0.25, -0.2) is 0 Å². The summed E-state index contributed by atoms with van der Waals surface area (Å²) in [6.45, 7) is 9.13. The molecule has 0 spiro atoms. The maximum Gasteiger partial charge on any atom is 0.0641 e. The molecule has 1 aliphatic rings. The molecular formula is C15H24N2O. The zero-order valence-corrected chi connectivity index (χ0v) is 11.5. The van der Waals surface area contributed by atoms with Crippen molar-refractivity contribution >= 4 is 5.69 Å². The predicted octanol–water partition coefficient (Wildman–Crippen LogP) is 2.41. The van der Waals surface area contributed by atoms with Crippen molar-refractivity contribution in [3.8, 4) is 0 Å². The Bertz CT molecular complexity index is 340. The summed E-state index contributed by atoms with van der Waals surface area (Å²) in [5.41, 5.74) is 2.66. The summed E-state index contributed by atoms with van der Waals surface area (Å²) in [4.78, 5) is 2.41. The largest absolute Gasteiger partial charge is 0.380 e. The van der Waals surface area contributed by atoms with Crippen molar-refractivity contribution in [3.63, 3.8) is 0 Å². The molecule has 1 aromatic rings. The van der Waals surface area contributed by atoms with Gasteiger partial charge in [-0.2, -0.15) is 0 Å². The molecule has 0 amide bonds.